The van der Waals surface area contributed by atoms with E-state index in [0.29, 0.717) is 18.4 Å². The minimum atomic E-state index is 0.426. The SMILES string of the molecule is C=C(Cc1cc(-c2ccccc2)c2c(ccc3ccccc32)n1)SC(=C)NC(CC)C(C)C. The van der Waals surface area contributed by atoms with Gasteiger partial charge in [0.05, 0.1) is 10.5 Å². The number of thioether (sulfide) groups is 1. The molecule has 33 heavy (non-hydrogen) atoms. The maximum Gasteiger partial charge on any atom is 0.0718 e. The molecule has 1 N–H and O–H groups in total. The summed E-state index contributed by atoms with van der Waals surface area (Å²) in [6, 6.07) is 26.1. The Balaban J connectivity index is 1.67. The summed E-state index contributed by atoms with van der Waals surface area (Å²) < 4.78 is 0. The lowest BCUT2D eigenvalue weighted by Crippen LogP contribution is -2.31. The number of nitrogens with one attached hydrogen (secondary N) is 1. The molecule has 0 fully saturated rings. The van der Waals surface area contributed by atoms with Gasteiger partial charge in [0.15, 0.2) is 0 Å². The lowest BCUT2D eigenvalue weighted by Gasteiger charge is -2.23. The van der Waals surface area contributed by atoms with Gasteiger partial charge in [-0.2, -0.15) is 0 Å². The van der Waals surface area contributed by atoms with Crippen LogP contribution in [0.25, 0.3) is 32.8 Å². The minimum absolute atomic E-state index is 0.426. The van der Waals surface area contributed by atoms with Crippen LogP contribution >= 0.6 is 11.8 Å². The third-order valence-electron chi connectivity index (χ3n) is 6.07. The van der Waals surface area contributed by atoms with Gasteiger partial charge in [0.2, 0.25) is 0 Å². The molecule has 0 saturated heterocycles. The Kier molecular flexibility index (Phi) is 7.20. The topological polar surface area (TPSA) is 24.9 Å². The van der Waals surface area contributed by atoms with E-state index in [1.165, 1.54) is 27.3 Å². The monoisotopic (exact) mass is 452 g/mol. The molecule has 0 saturated carbocycles. The van der Waals surface area contributed by atoms with Crippen LogP contribution < -0.4 is 5.32 Å². The third kappa shape index (κ3) is 5.31. The summed E-state index contributed by atoms with van der Waals surface area (Å²) in [5.74, 6) is 0.561. The highest BCUT2D eigenvalue weighted by Gasteiger charge is 2.14. The molecule has 0 spiro atoms. The van der Waals surface area contributed by atoms with Gasteiger partial charge in [-0.15, -0.1) is 0 Å². The maximum atomic E-state index is 5.04. The average Bonchev–Trinajstić information content (AvgIpc) is 2.82. The van der Waals surface area contributed by atoms with Crippen LogP contribution in [-0.2, 0) is 6.42 Å². The highest BCUT2D eigenvalue weighted by atomic mass is 32.2. The summed E-state index contributed by atoms with van der Waals surface area (Å²) >= 11 is 1.63. The summed E-state index contributed by atoms with van der Waals surface area (Å²) in [5, 5.41) is 8.18. The molecule has 0 aliphatic rings. The van der Waals surface area contributed by atoms with E-state index in [1.54, 1.807) is 11.8 Å². The van der Waals surface area contributed by atoms with E-state index in [9.17, 15) is 0 Å². The highest BCUT2D eigenvalue weighted by molar-refractivity contribution is 8.06. The second-order valence-electron chi connectivity index (χ2n) is 8.85. The second kappa shape index (κ2) is 10.3. The van der Waals surface area contributed by atoms with Crippen molar-refractivity contribution in [2.24, 2.45) is 5.92 Å². The molecule has 2 nitrogen and oxygen atoms in total. The van der Waals surface area contributed by atoms with Crippen molar-refractivity contribution in [2.45, 2.75) is 39.7 Å². The van der Waals surface area contributed by atoms with Crippen molar-refractivity contribution in [3.05, 3.63) is 102 Å². The number of aromatic nitrogens is 1. The quantitative estimate of drug-likeness (QED) is 0.258. The van der Waals surface area contributed by atoms with E-state index in [1.807, 2.05) is 0 Å². The van der Waals surface area contributed by atoms with Gasteiger partial charge in [-0.25, -0.2) is 0 Å². The molecule has 1 atom stereocenters. The summed E-state index contributed by atoms with van der Waals surface area (Å²) in [6.07, 6.45) is 1.77. The molecule has 4 aromatic rings. The van der Waals surface area contributed by atoms with Gasteiger partial charge in [-0.1, -0.05) is 106 Å². The standard InChI is InChI=1S/C30H32N2S/c1-6-28(20(2)3)31-22(5)33-21(4)18-25-19-27(23-12-8-7-9-13-23)30-26-15-11-10-14-24(26)16-17-29(30)32-25/h7-17,19-20,28,31H,4-6,18H2,1-3H3. The van der Waals surface area contributed by atoms with Crippen LogP contribution in [0, 0.1) is 5.92 Å². The van der Waals surface area contributed by atoms with Crippen molar-refractivity contribution in [1.82, 2.24) is 10.3 Å². The minimum Gasteiger partial charge on any atom is -0.377 e. The number of hydrogen-bond donors (Lipinski definition) is 1. The fourth-order valence-corrected chi connectivity index (χ4v) is 5.17. The normalized spacial score (nSPS) is 12.2. The summed E-state index contributed by atoms with van der Waals surface area (Å²) in [6.45, 7) is 15.2. The van der Waals surface area contributed by atoms with Crippen molar-refractivity contribution >= 4 is 33.4 Å². The average molecular weight is 453 g/mol. The fourth-order valence-electron chi connectivity index (χ4n) is 4.39. The van der Waals surface area contributed by atoms with Crippen LogP contribution in [0.2, 0.25) is 0 Å². The third-order valence-corrected chi connectivity index (χ3v) is 6.87. The number of nitrogens with zero attached hydrogens (tertiary/aromatic N) is 1. The number of allylic oxidation sites excluding steroid dienone is 1. The van der Waals surface area contributed by atoms with Crippen LogP contribution in [0.4, 0.5) is 0 Å². The lowest BCUT2D eigenvalue weighted by atomic mass is 9.95. The molecule has 0 radical (unpaired) electrons. The van der Waals surface area contributed by atoms with Crippen LogP contribution in [0.15, 0.2) is 95.9 Å². The predicted octanol–water partition coefficient (Wildman–Crippen LogP) is 8.34. The molecule has 1 heterocycles. The number of pyridine rings is 1. The van der Waals surface area contributed by atoms with Crippen LogP contribution in [-0.4, -0.2) is 11.0 Å². The van der Waals surface area contributed by atoms with Gasteiger partial charge in [0.25, 0.3) is 0 Å². The largest absolute Gasteiger partial charge is 0.377 e. The smallest absolute Gasteiger partial charge is 0.0718 e. The fraction of sp³-hybridized carbons (Fsp3) is 0.233. The predicted molar refractivity (Wildman–Crippen MR) is 146 cm³/mol. The first-order valence-corrected chi connectivity index (χ1v) is 12.5. The van der Waals surface area contributed by atoms with Crippen LogP contribution in [0.3, 0.4) is 0 Å². The molecule has 0 bridgehead atoms. The Morgan fingerprint density at radius 1 is 0.970 bits per heavy atom. The van der Waals surface area contributed by atoms with E-state index >= 15 is 0 Å². The van der Waals surface area contributed by atoms with Gasteiger partial charge in [0.1, 0.15) is 0 Å². The van der Waals surface area contributed by atoms with Crippen molar-refractivity contribution in [3.8, 4) is 11.1 Å². The van der Waals surface area contributed by atoms with Gasteiger partial charge in [0, 0.05) is 23.5 Å². The lowest BCUT2D eigenvalue weighted by molar-refractivity contribution is 0.427. The van der Waals surface area contributed by atoms with Gasteiger partial charge in [-0.05, 0) is 51.3 Å². The van der Waals surface area contributed by atoms with Crippen molar-refractivity contribution < 1.29 is 0 Å². The Labute approximate surface area is 201 Å². The molecule has 0 aliphatic heterocycles. The van der Waals surface area contributed by atoms with Gasteiger partial charge < -0.3 is 5.32 Å². The number of benzene rings is 3. The van der Waals surface area contributed by atoms with Crippen molar-refractivity contribution in [1.29, 1.82) is 0 Å². The van der Waals surface area contributed by atoms with Gasteiger partial charge in [-0.3, -0.25) is 4.98 Å². The first kappa shape index (κ1) is 23.1. The maximum absolute atomic E-state index is 5.04. The summed E-state index contributed by atoms with van der Waals surface area (Å²) in [4.78, 5) is 6.08. The Bertz CT molecular complexity index is 1290. The Morgan fingerprint density at radius 3 is 2.42 bits per heavy atom. The van der Waals surface area contributed by atoms with E-state index in [-0.39, 0.29) is 0 Å². The van der Waals surface area contributed by atoms with Crippen LogP contribution in [0.1, 0.15) is 32.9 Å². The first-order chi connectivity index (χ1) is 16.0. The molecule has 0 aliphatic carbocycles. The molecule has 0 amide bonds. The van der Waals surface area contributed by atoms with Crippen molar-refractivity contribution in [3.63, 3.8) is 0 Å². The molecule has 3 aromatic carbocycles. The van der Waals surface area contributed by atoms with E-state index in [4.69, 9.17) is 4.98 Å². The molecule has 4 rings (SSSR count). The Hall–Kier alpha value is -3.04. The first-order valence-electron chi connectivity index (χ1n) is 11.6. The molecular weight excluding hydrogens is 420 g/mol. The van der Waals surface area contributed by atoms with Gasteiger partial charge >= 0.3 is 0 Å². The zero-order valence-corrected chi connectivity index (χ0v) is 20.6. The molecule has 1 aromatic heterocycles. The Morgan fingerprint density at radius 2 is 1.70 bits per heavy atom. The highest BCUT2D eigenvalue weighted by Crippen LogP contribution is 2.35. The number of fused-ring (bicyclic) bond motifs is 3. The van der Waals surface area contributed by atoms with Crippen LogP contribution in [0.5, 0.6) is 0 Å². The number of hydrogen-bond acceptors (Lipinski definition) is 3. The summed E-state index contributed by atoms with van der Waals surface area (Å²) in [7, 11) is 0. The molecule has 1 unspecified atom stereocenters. The molecular formula is C30H32N2S. The van der Waals surface area contributed by atoms with E-state index in [2.05, 4.69) is 112 Å². The van der Waals surface area contributed by atoms with E-state index in [0.717, 1.165) is 27.6 Å². The molecule has 168 valence electrons. The van der Waals surface area contributed by atoms with E-state index < -0.39 is 0 Å². The zero-order chi connectivity index (χ0) is 23.4. The van der Waals surface area contributed by atoms with Crippen molar-refractivity contribution in [2.75, 3.05) is 0 Å². The molecule has 3 heteroatoms. The number of rotatable bonds is 9. The zero-order valence-electron chi connectivity index (χ0n) is 19.8. The second-order valence-corrected chi connectivity index (χ2v) is 10.1. The summed E-state index contributed by atoms with van der Waals surface area (Å²) in [5.41, 5.74) is 4.46.